The summed E-state index contributed by atoms with van der Waals surface area (Å²) in [6, 6.07) is 42.2. The van der Waals surface area contributed by atoms with Gasteiger partial charge in [0.25, 0.3) is 11.6 Å². The fourth-order valence-corrected chi connectivity index (χ4v) is 7.04. The number of amides is 1. The van der Waals surface area contributed by atoms with Crippen molar-refractivity contribution in [1.82, 2.24) is 5.32 Å². The van der Waals surface area contributed by atoms with Crippen molar-refractivity contribution in [2.24, 2.45) is 5.92 Å². The first-order chi connectivity index (χ1) is 21.5. The summed E-state index contributed by atoms with van der Waals surface area (Å²) in [4.78, 5) is 42.6. The molecule has 1 amide bonds. The van der Waals surface area contributed by atoms with E-state index in [2.05, 4.69) is 5.32 Å². The molecule has 0 aliphatic carbocycles. The van der Waals surface area contributed by atoms with E-state index in [9.17, 15) is 14.9 Å². The molecule has 0 bridgehead atoms. The lowest BCUT2D eigenvalue weighted by Crippen LogP contribution is -2.50. The van der Waals surface area contributed by atoms with E-state index in [4.69, 9.17) is 0 Å². The molecule has 2 heterocycles. The number of Topliss-reactive ketones (excluding diaryl/α,β-unsaturated/α-hetero) is 1. The van der Waals surface area contributed by atoms with Gasteiger partial charge >= 0.3 is 0 Å². The second kappa shape index (κ2) is 11.0. The maximum absolute atomic E-state index is 15.1. The molecule has 1 spiro atoms. The van der Waals surface area contributed by atoms with Crippen molar-refractivity contribution in [2.45, 2.75) is 24.0 Å². The first-order valence-corrected chi connectivity index (χ1v) is 14.6. The van der Waals surface area contributed by atoms with Crippen LogP contribution in [0.5, 0.6) is 0 Å². The van der Waals surface area contributed by atoms with Gasteiger partial charge in [-0.05, 0) is 22.8 Å². The zero-order chi connectivity index (χ0) is 30.3. The number of nitro benzene ring substituents is 1. The van der Waals surface area contributed by atoms with Crippen LogP contribution in [0.2, 0.25) is 0 Å². The summed E-state index contributed by atoms with van der Waals surface area (Å²) < 4.78 is 0. The zero-order valence-corrected chi connectivity index (χ0v) is 23.7. The van der Waals surface area contributed by atoms with E-state index in [1.807, 2.05) is 108 Å². The Kier molecular flexibility index (Phi) is 6.87. The number of benzene rings is 5. The molecule has 5 aromatic carbocycles. The second-order valence-electron chi connectivity index (χ2n) is 11.3. The van der Waals surface area contributed by atoms with Gasteiger partial charge in [0.05, 0.1) is 17.4 Å². The highest BCUT2D eigenvalue weighted by molar-refractivity contribution is 6.10. The summed E-state index contributed by atoms with van der Waals surface area (Å²) >= 11 is 0. The van der Waals surface area contributed by atoms with Crippen LogP contribution in [0.3, 0.4) is 0 Å². The van der Waals surface area contributed by atoms with Gasteiger partial charge in [0.1, 0.15) is 5.54 Å². The minimum atomic E-state index is -1.27. The molecule has 7 rings (SSSR count). The average molecular weight is 580 g/mol. The molecule has 0 radical (unpaired) electrons. The van der Waals surface area contributed by atoms with Crippen molar-refractivity contribution in [1.29, 1.82) is 0 Å². The van der Waals surface area contributed by atoms with E-state index >= 15 is 4.79 Å². The number of nitrogens with one attached hydrogen (secondary N) is 1. The van der Waals surface area contributed by atoms with Crippen LogP contribution in [-0.4, -0.2) is 16.6 Å². The zero-order valence-electron chi connectivity index (χ0n) is 23.7. The Labute approximate surface area is 254 Å². The molecule has 7 nitrogen and oxygen atoms in total. The van der Waals surface area contributed by atoms with Crippen LogP contribution in [0, 0.1) is 16.0 Å². The summed E-state index contributed by atoms with van der Waals surface area (Å²) in [7, 11) is 0. The maximum Gasteiger partial charge on any atom is 0.269 e. The van der Waals surface area contributed by atoms with Crippen molar-refractivity contribution >= 4 is 23.1 Å². The average Bonchev–Trinajstić information content (AvgIpc) is 3.55. The Balaban J connectivity index is 1.46. The lowest BCUT2D eigenvalue weighted by atomic mass is 9.69. The number of nitro groups is 1. The SMILES string of the molecule is O=C(c1ccccc1)[C@@H]1[C@H](c2ccc([N+](=O)[O-])cc2)N[C@@]2(C(=O)N(Cc3ccccc3)c3ccccc32)[C@H]1c1ccccc1. The number of hydrogen-bond donors (Lipinski definition) is 1. The van der Waals surface area contributed by atoms with E-state index in [0.717, 1.165) is 22.4 Å². The normalized spacial score (nSPS) is 22.2. The molecule has 0 aromatic heterocycles. The molecule has 44 heavy (non-hydrogen) atoms. The number of para-hydroxylation sites is 1. The highest BCUT2D eigenvalue weighted by Gasteiger charge is 2.65. The number of carbonyl (C=O) groups is 2. The summed E-state index contributed by atoms with van der Waals surface area (Å²) in [5.41, 5.74) is 3.40. The van der Waals surface area contributed by atoms with E-state index in [1.165, 1.54) is 12.1 Å². The lowest BCUT2D eigenvalue weighted by molar-refractivity contribution is -0.384. The lowest BCUT2D eigenvalue weighted by Gasteiger charge is -2.33. The number of non-ortho nitro benzene ring substituents is 1. The summed E-state index contributed by atoms with van der Waals surface area (Å²) in [6.07, 6.45) is 0. The third-order valence-corrected chi connectivity index (χ3v) is 8.94. The van der Waals surface area contributed by atoms with Gasteiger partial charge in [0.2, 0.25) is 0 Å². The first-order valence-electron chi connectivity index (χ1n) is 14.6. The number of hydrogen-bond acceptors (Lipinski definition) is 5. The van der Waals surface area contributed by atoms with E-state index < -0.39 is 28.3 Å². The minimum Gasteiger partial charge on any atom is -0.306 e. The molecule has 1 N–H and O–H groups in total. The summed E-state index contributed by atoms with van der Waals surface area (Å²) in [6.45, 7) is 0.376. The molecule has 0 unspecified atom stereocenters. The third kappa shape index (κ3) is 4.41. The molecular formula is C37H29N3O4. The molecule has 2 aliphatic heterocycles. The van der Waals surface area contributed by atoms with E-state index in [1.54, 1.807) is 24.3 Å². The number of fused-ring (bicyclic) bond motifs is 2. The van der Waals surface area contributed by atoms with Crippen LogP contribution in [0.15, 0.2) is 140 Å². The number of ketones is 1. The van der Waals surface area contributed by atoms with Crippen molar-refractivity contribution in [3.05, 3.63) is 177 Å². The van der Waals surface area contributed by atoms with Crippen molar-refractivity contribution in [3.8, 4) is 0 Å². The van der Waals surface area contributed by atoms with Crippen LogP contribution >= 0.6 is 0 Å². The van der Waals surface area contributed by atoms with Gasteiger partial charge in [-0.1, -0.05) is 121 Å². The van der Waals surface area contributed by atoms with Gasteiger partial charge in [0.15, 0.2) is 5.78 Å². The Hall–Kier alpha value is -5.40. The first kappa shape index (κ1) is 27.4. The smallest absolute Gasteiger partial charge is 0.269 e. The van der Waals surface area contributed by atoms with Gasteiger partial charge < -0.3 is 4.90 Å². The topological polar surface area (TPSA) is 92.5 Å². The Morgan fingerprint density at radius 1 is 0.750 bits per heavy atom. The van der Waals surface area contributed by atoms with E-state index in [0.29, 0.717) is 17.7 Å². The molecule has 1 saturated heterocycles. The van der Waals surface area contributed by atoms with Crippen LogP contribution in [-0.2, 0) is 16.9 Å². The van der Waals surface area contributed by atoms with Crippen molar-refractivity contribution in [3.63, 3.8) is 0 Å². The molecule has 0 saturated carbocycles. The fraction of sp³-hybridized carbons (Fsp3) is 0.135. The monoisotopic (exact) mass is 579 g/mol. The molecule has 5 aromatic rings. The van der Waals surface area contributed by atoms with Gasteiger partial charge in [-0.2, -0.15) is 0 Å². The second-order valence-corrected chi connectivity index (χ2v) is 11.3. The van der Waals surface area contributed by atoms with Gasteiger partial charge in [-0.15, -0.1) is 0 Å². The van der Waals surface area contributed by atoms with Crippen LogP contribution in [0.4, 0.5) is 11.4 Å². The largest absolute Gasteiger partial charge is 0.306 e. The summed E-state index contributed by atoms with van der Waals surface area (Å²) in [5.74, 6) is -1.51. The number of carbonyl (C=O) groups excluding carboxylic acids is 2. The highest BCUT2D eigenvalue weighted by Crippen LogP contribution is 2.59. The Morgan fingerprint density at radius 3 is 2.00 bits per heavy atom. The quantitative estimate of drug-likeness (QED) is 0.128. The van der Waals surface area contributed by atoms with Crippen LogP contribution in [0.1, 0.15) is 44.6 Å². The minimum absolute atomic E-state index is 0.0386. The highest BCUT2D eigenvalue weighted by atomic mass is 16.6. The van der Waals surface area contributed by atoms with E-state index in [-0.39, 0.29) is 17.4 Å². The van der Waals surface area contributed by atoms with Gasteiger partial charge in [-0.25, -0.2) is 0 Å². The van der Waals surface area contributed by atoms with Crippen LogP contribution < -0.4 is 10.2 Å². The fourth-order valence-electron chi connectivity index (χ4n) is 7.04. The molecule has 2 aliphatic rings. The van der Waals surface area contributed by atoms with Gasteiger partial charge in [-0.3, -0.25) is 25.0 Å². The predicted octanol–water partition coefficient (Wildman–Crippen LogP) is 6.96. The van der Waals surface area contributed by atoms with Gasteiger partial charge in [0, 0.05) is 40.9 Å². The number of nitrogens with zero attached hydrogens (tertiary/aromatic N) is 2. The number of rotatable bonds is 7. The molecule has 7 heteroatoms. The molecular weight excluding hydrogens is 550 g/mol. The Morgan fingerprint density at radius 2 is 1.34 bits per heavy atom. The Bertz CT molecular complexity index is 1850. The van der Waals surface area contributed by atoms with Crippen LogP contribution in [0.25, 0.3) is 0 Å². The predicted molar refractivity (Wildman–Crippen MR) is 168 cm³/mol. The standard InChI is InChI=1S/C37H29N3O4/c41-35(28-16-8-3-9-17-28)32-33(26-14-6-2-7-15-26)37(38-34(32)27-20-22-29(23-21-27)40(43)44)30-18-10-11-19-31(30)39(36(37)42)24-25-12-4-1-5-13-25/h1-23,32-34,38H,24H2/t32-,33-,34-,37+/m0/s1. The summed E-state index contributed by atoms with van der Waals surface area (Å²) in [5, 5.41) is 15.2. The van der Waals surface area contributed by atoms with Crippen molar-refractivity contribution in [2.75, 3.05) is 4.90 Å². The third-order valence-electron chi connectivity index (χ3n) is 8.94. The van der Waals surface area contributed by atoms with Crippen molar-refractivity contribution < 1.29 is 14.5 Å². The molecule has 216 valence electrons. The molecule has 1 fully saturated rings. The molecule has 4 atom stereocenters. The number of anilines is 1. The maximum atomic E-state index is 15.1.